The standard InChI is InChI=1S/C18H31NO8/c1-4-7-8-9-14(20)27-16(22)13-18(25,17(23)24)12-15(21)26-11-10-19(5-2)6-3/h25H,4-13H2,1-3H3,(H,23,24). The molecule has 0 saturated carbocycles. The lowest BCUT2D eigenvalue weighted by atomic mass is 9.96. The molecule has 0 fully saturated rings. The van der Waals surface area contributed by atoms with Crippen molar-refractivity contribution in [1.29, 1.82) is 0 Å². The van der Waals surface area contributed by atoms with E-state index in [0.717, 1.165) is 25.9 Å². The molecule has 9 nitrogen and oxygen atoms in total. The molecule has 27 heavy (non-hydrogen) atoms. The van der Waals surface area contributed by atoms with Crippen LogP contribution in [-0.2, 0) is 28.7 Å². The summed E-state index contributed by atoms with van der Waals surface area (Å²) in [4.78, 5) is 48.4. The topological polar surface area (TPSA) is 130 Å². The first-order valence-electron chi connectivity index (χ1n) is 9.25. The number of carboxylic acids is 1. The van der Waals surface area contributed by atoms with Gasteiger partial charge in [-0.25, -0.2) is 4.79 Å². The van der Waals surface area contributed by atoms with Crippen molar-refractivity contribution in [2.45, 2.75) is 64.9 Å². The largest absolute Gasteiger partial charge is 0.479 e. The molecule has 0 rings (SSSR count). The molecule has 156 valence electrons. The number of carboxylic acid groups (broad SMARTS) is 1. The van der Waals surface area contributed by atoms with Crippen LogP contribution in [0.15, 0.2) is 0 Å². The Morgan fingerprint density at radius 2 is 1.52 bits per heavy atom. The van der Waals surface area contributed by atoms with Crippen LogP contribution < -0.4 is 0 Å². The highest BCUT2D eigenvalue weighted by Gasteiger charge is 2.42. The van der Waals surface area contributed by atoms with Crippen molar-refractivity contribution in [3.05, 3.63) is 0 Å². The van der Waals surface area contributed by atoms with Gasteiger partial charge in [-0.3, -0.25) is 14.4 Å². The summed E-state index contributed by atoms with van der Waals surface area (Å²) >= 11 is 0. The second-order valence-electron chi connectivity index (χ2n) is 6.24. The van der Waals surface area contributed by atoms with E-state index in [-0.39, 0.29) is 13.0 Å². The second kappa shape index (κ2) is 13.2. The van der Waals surface area contributed by atoms with Gasteiger partial charge in [-0.1, -0.05) is 33.6 Å². The number of nitrogens with zero attached hydrogens (tertiary/aromatic N) is 1. The minimum Gasteiger partial charge on any atom is -0.479 e. The Bertz CT molecular complexity index is 504. The Balaban J connectivity index is 4.56. The second-order valence-corrected chi connectivity index (χ2v) is 6.24. The third-order valence-corrected chi connectivity index (χ3v) is 4.05. The van der Waals surface area contributed by atoms with E-state index in [1.54, 1.807) is 0 Å². The zero-order chi connectivity index (χ0) is 20.9. The lowest BCUT2D eigenvalue weighted by Crippen LogP contribution is -2.44. The number of carbonyl (C=O) groups is 4. The number of ether oxygens (including phenoxy) is 2. The number of aliphatic carboxylic acids is 1. The van der Waals surface area contributed by atoms with Crippen LogP contribution in [-0.4, -0.2) is 70.8 Å². The normalized spacial score (nSPS) is 13.1. The van der Waals surface area contributed by atoms with Crippen LogP contribution in [0.2, 0.25) is 0 Å². The van der Waals surface area contributed by atoms with E-state index < -0.39 is 42.3 Å². The molecule has 1 atom stereocenters. The predicted octanol–water partition coefficient (Wildman–Crippen LogP) is 1.12. The van der Waals surface area contributed by atoms with Crippen molar-refractivity contribution in [2.24, 2.45) is 0 Å². The van der Waals surface area contributed by atoms with E-state index in [0.29, 0.717) is 13.0 Å². The molecule has 0 saturated heterocycles. The summed E-state index contributed by atoms with van der Waals surface area (Å²) in [5.74, 6) is -4.70. The molecule has 0 radical (unpaired) electrons. The minimum absolute atomic E-state index is 0.0263. The summed E-state index contributed by atoms with van der Waals surface area (Å²) in [5, 5.41) is 19.3. The maximum absolute atomic E-state index is 11.8. The van der Waals surface area contributed by atoms with Crippen molar-refractivity contribution < 1.29 is 38.9 Å². The molecule has 2 N–H and O–H groups in total. The number of hydrogen-bond donors (Lipinski definition) is 2. The summed E-state index contributed by atoms with van der Waals surface area (Å²) in [6, 6.07) is 0. The molecule has 1 unspecified atom stereocenters. The molecule has 0 heterocycles. The number of rotatable bonds is 14. The first-order chi connectivity index (χ1) is 12.7. The van der Waals surface area contributed by atoms with Crippen molar-refractivity contribution in [2.75, 3.05) is 26.2 Å². The summed E-state index contributed by atoms with van der Waals surface area (Å²) in [7, 11) is 0. The SMILES string of the molecule is CCCCCC(=O)OC(=O)CC(O)(CC(=O)OCCN(CC)CC)C(=O)O. The number of hydrogen-bond acceptors (Lipinski definition) is 8. The van der Waals surface area contributed by atoms with E-state index in [1.807, 2.05) is 25.7 Å². The first kappa shape index (κ1) is 25.0. The van der Waals surface area contributed by atoms with Crippen molar-refractivity contribution in [3.63, 3.8) is 0 Å². The van der Waals surface area contributed by atoms with Gasteiger partial charge in [0.15, 0.2) is 5.60 Å². The maximum Gasteiger partial charge on any atom is 0.336 e. The van der Waals surface area contributed by atoms with Crippen LogP contribution in [0.3, 0.4) is 0 Å². The molecule has 0 aromatic heterocycles. The van der Waals surface area contributed by atoms with Crippen LogP contribution >= 0.6 is 0 Å². The van der Waals surface area contributed by atoms with Gasteiger partial charge in [0.05, 0.1) is 12.8 Å². The van der Waals surface area contributed by atoms with E-state index >= 15 is 0 Å². The lowest BCUT2D eigenvalue weighted by Gasteiger charge is -2.22. The van der Waals surface area contributed by atoms with Crippen LogP contribution in [0.1, 0.15) is 59.3 Å². The average molecular weight is 389 g/mol. The molecular weight excluding hydrogens is 358 g/mol. The zero-order valence-corrected chi connectivity index (χ0v) is 16.4. The van der Waals surface area contributed by atoms with Gasteiger partial charge in [0.25, 0.3) is 0 Å². The van der Waals surface area contributed by atoms with Crippen molar-refractivity contribution >= 4 is 23.9 Å². The molecular formula is C18H31NO8. The molecule has 0 bridgehead atoms. The van der Waals surface area contributed by atoms with Gasteiger partial charge in [0, 0.05) is 13.0 Å². The van der Waals surface area contributed by atoms with Gasteiger partial charge in [-0.05, 0) is 19.5 Å². The number of unbranched alkanes of at least 4 members (excludes halogenated alkanes) is 2. The van der Waals surface area contributed by atoms with Gasteiger partial charge in [0.2, 0.25) is 0 Å². The van der Waals surface area contributed by atoms with E-state index in [9.17, 15) is 24.3 Å². The summed E-state index contributed by atoms with van der Waals surface area (Å²) in [6.45, 7) is 7.89. The Kier molecular flexibility index (Phi) is 12.2. The molecule has 0 aliphatic carbocycles. The van der Waals surface area contributed by atoms with Gasteiger partial charge in [-0.2, -0.15) is 0 Å². The van der Waals surface area contributed by atoms with Gasteiger partial charge >= 0.3 is 23.9 Å². The van der Waals surface area contributed by atoms with E-state index in [4.69, 9.17) is 9.84 Å². The lowest BCUT2D eigenvalue weighted by molar-refractivity contribution is -0.175. The molecule has 0 amide bonds. The van der Waals surface area contributed by atoms with Gasteiger partial charge < -0.3 is 24.6 Å². The molecule has 0 spiro atoms. The highest BCUT2D eigenvalue weighted by molar-refractivity contribution is 5.92. The summed E-state index contributed by atoms with van der Waals surface area (Å²) in [6.07, 6.45) is 0.313. The van der Waals surface area contributed by atoms with E-state index in [2.05, 4.69) is 4.74 Å². The monoisotopic (exact) mass is 389 g/mol. The fourth-order valence-electron chi connectivity index (χ4n) is 2.30. The molecule has 0 aliphatic rings. The van der Waals surface area contributed by atoms with Crippen LogP contribution in [0, 0.1) is 0 Å². The minimum atomic E-state index is -2.69. The Labute approximate surface area is 159 Å². The van der Waals surface area contributed by atoms with Crippen molar-refractivity contribution in [1.82, 2.24) is 4.90 Å². The molecule has 9 heteroatoms. The fourth-order valence-corrected chi connectivity index (χ4v) is 2.30. The van der Waals surface area contributed by atoms with E-state index in [1.165, 1.54) is 0 Å². The number of esters is 3. The van der Waals surface area contributed by atoms with Crippen LogP contribution in [0.5, 0.6) is 0 Å². The average Bonchev–Trinajstić information content (AvgIpc) is 2.58. The number of aliphatic hydroxyl groups is 1. The van der Waals surface area contributed by atoms with Gasteiger partial charge in [-0.15, -0.1) is 0 Å². The Hall–Kier alpha value is -2.00. The van der Waals surface area contributed by atoms with Crippen molar-refractivity contribution in [3.8, 4) is 0 Å². The highest BCUT2D eigenvalue weighted by atomic mass is 16.6. The maximum atomic E-state index is 11.8. The Morgan fingerprint density at radius 1 is 0.926 bits per heavy atom. The molecule has 0 aromatic carbocycles. The zero-order valence-electron chi connectivity index (χ0n) is 16.4. The Morgan fingerprint density at radius 3 is 2.04 bits per heavy atom. The third kappa shape index (κ3) is 10.7. The number of likely N-dealkylation sites (N-methyl/N-ethyl adjacent to an activating group) is 1. The highest BCUT2D eigenvalue weighted by Crippen LogP contribution is 2.18. The quantitative estimate of drug-likeness (QED) is 0.255. The molecule has 0 aromatic rings. The fraction of sp³-hybridized carbons (Fsp3) is 0.778. The van der Waals surface area contributed by atoms with Gasteiger partial charge in [0.1, 0.15) is 6.61 Å². The third-order valence-electron chi connectivity index (χ3n) is 4.05. The smallest absolute Gasteiger partial charge is 0.336 e. The summed E-state index contributed by atoms with van der Waals surface area (Å²) in [5.41, 5.74) is -2.69. The number of carbonyl (C=O) groups excluding carboxylic acids is 3. The van der Waals surface area contributed by atoms with Crippen LogP contribution in [0.4, 0.5) is 0 Å². The first-order valence-corrected chi connectivity index (χ1v) is 9.25. The summed E-state index contributed by atoms with van der Waals surface area (Å²) < 4.78 is 9.43. The predicted molar refractivity (Wildman–Crippen MR) is 95.8 cm³/mol. The molecule has 0 aliphatic heterocycles. The van der Waals surface area contributed by atoms with Crippen LogP contribution in [0.25, 0.3) is 0 Å².